The van der Waals surface area contributed by atoms with Gasteiger partial charge in [0, 0.05) is 11.1 Å². The van der Waals surface area contributed by atoms with E-state index in [4.69, 9.17) is 31.5 Å². The van der Waals surface area contributed by atoms with Crippen LogP contribution in [0.5, 0.6) is 17.2 Å². The molecule has 0 aliphatic carbocycles. The van der Waals surface area contributed by atoms with Gasteiger partial charge in [-0.05, 0) is 36.4 Å². The van der Waals surface area contributed by atoms with Gasteiger partial charge in [-0.15, -0.1) is 0 Å². The fraction of sp³-hybridized carbons (Fsp3) is 0.125. The Morgan fingerprint density at radius 1 is 1.09 bits per heavy atom. The monoisotopic (exact) mass is 335 g/mol. The highest BCUT2D eigenvalue weighted by atomic mass is 35.5. The molecule has 0 atom stereocenters. The highest BCUT2D eigenvalue weighted by Crippen LogP contribution is 2.25. The lowest BCUT2D eigenvalue weighted by Crippen LogP contribution is -2.20. The molecular formula is C16H14ClNO5. The molecule has 2 aromatic carbocycles. The summed E-state index contributed by atoms with van der Waals surface area (Å²) in [5.74, 6) is -0.491. The minimum atomic E-state index is -0.714. The zero-order chi connectivity index (χ0) is 16.8. The summed E-state index contributed by atoms with van der Waals surface area (Å²) in [5, 5.41) is 0.558. The minimum absolute atomic E-state index is 0.0153. The number of rotatable bonds is 6. The van der Waals surface area contributed by atoms with Crippen molar-refractivity contribution < 1.29 is 23.8 Å². The van der Waals surface area contributed by atoms with E-state index in [-0.39, 0.29) is 17.9 Å². The number of primary amides is 1. The van der Waals surface area contributed by atoms with Crippen molar-refractivity contribution in [2.24, 2.45) is 5.73 Å². The van der Waals surface area contributed by atoms with E-state index in [0.717, 1.165) is 0 Å². The molecule has 0 aromatic heterocycles. The van der Waals surface area contributed by atoms with Crippen molar-refractivity contribution in [2.75, 3.05) is 13.7 Å². The molecule has 1 amide bonds. The molecule has 2 rings (SSSR count). The lowest BCUT2D eigenvalue weighted by atomic mass is 10.2. The maximum absolute atomic E-state index is 11.9. The van der Waals surface area contributed by atoms with Crippen molar-refractivity contribution in [1.82, 2.24) is 0 Å². The molecule has 0 saturated heterocycles. The van der Waals surface area contributed by atoms with Gasteiger partial charge in [0.2, 0.25) is 0 Å². The third kappa shape index (κ3) is 4.62. The molecule has 0 aliphatic heterocycles. The van der Waals surface area contributed by atoms with Crippen LogP contribution in [0.15, 0.2) is 42.5 Å². The second-order valence-electron chi connectivity index (χ2n) is 4.44. The minimum Gasteiger partial charge on any atom is -0.497 e. The predicted molar refractivity (Wildman–Crippen MR) is 84.1 cm³/mol. The smallest absolute Gasteiger partial charge is 0.349 e. The predicted octanol–water partition coefficient (Wildman–Crippen LogP) is 2.43. The van der Waals surface area contributed by atoms with Gasteiger partial charge in [0.15, 0.2) is 6.61 Å². The maximum atomic E-state index is 11.9. The fourth-order valence-electron chi connectivity index (χ4n) is 1.74. The van der Waals surface area contributed by atoms with Crippen LogP contribution in [0.25, 0.3) is 0 Å². The van der Waals surface area contributed by atoms with Crippen LogP contribution in [0.3, 0.4) is 0 Å². The molecule has 2 N–H and O–H groups in total. The maximum Gasteiger partial charge on any atom is 0.349 e. The SMILES string of the molecule is COc1ccc(C(N)=O)c(OC(=O)COc2ccc(Cl)cc2)c1. The molecule has 0 aliphatic rings. The van der Waals surface area contributed by atoms with E-state index in [0.29, 0.717) is 16.5 Å². The van der Waals surface area contributed by atoms with Crippen molar-refractivity contribution >= 4 is 23.5 Å². The van der Waals surface area contributed by atoms with E-state index >= 15 is 0 Å². The summed E-state index contributed by atoms with van der Waals surface area (Å²) in [6, 6.07) is 10.9. The van der Waals surface area contributed by atoms with E-state index in [1.165, 1.54) is 19.2 Å². The third-order valence-electron chi connectivity index (χ3n) is 2.85. The van der Waals surface area contributed by atoms with E-state index < -0.39 is 11.9 Å². The first-order chi connectivity index (χ1) is 11.0. The lowest BCUT2D eigenvalue weighted by molar-refractivity contribution is -0.136. The second-order valence-corrected chi connectivity index (χ2v) is 4.88. The number of ether oxygens (including phenoxy) is 3. The largest absolute Gasteiger partial charge is 0.497 e. The van der Waals surface area contributed by atoms with Crippen molar-refractivity contribution in [1.29, 1.82) is 0 Å². The molecule has 7 heteroatoms. The summed E-state index contributed by atoms with van der Waals surface area (Å²) in [7, 11) is 1.45. The second kappa shape index (κ2) is 7.51. The lowest BCUT2D eigenvalue weighted by Gasteiger charge is -2.10. The van der Waals surface area contributed by atoms with Crippen molar-refractivity contribution in [3.05, 3.63) is 53.1 Å². The quantitative estimate of drug-likeness (QED) is 0.647. The number of benzene rings is 2. The number of hydrogen-bond acceptors (Lipinski definition) is 5. The average Bonchev–Trinajstić information content (AvgIpc) is 2.54. The van der Waals surface area contributed by atoms with Gasteiger partial charge in [0.1, 0.15) is 17.2 Å². The van der Waals surface area contributed by atoms with Crippen LogP contribution >= 0.6 is 11.6 Å². The number of nitrogens with two attached hydrogens (primary N) is 1. The van der Waals surface area contributed by atoms with Crippen molar-refractivity contribution in [3.63, 3.8) is 0 Å². The van der Waals surface area contributed by atoms with Gasteiger partial charge in [0.25, 0.3) is 5.91 Å². The van der Waals surface area contributed by atoms with E-state index in [9.17, 15) is 9.59 Å². The van der Waals surface area contributed by atoms with Crippen LogP contribution in [-0.2, 0) is 4.79 Å². The fourth-order valence-corrected chi connectivity index (χ4v) is 1.87. The van der Waals surface area contributed by atoms with Gasteiger partial charge in [-0.25, -0.2) is 4.79 Å². The molecule has 0 fully saturated rings. The van der Waals surface area contributed by atoms with Crippen molar-refractivity contribution in [3.8, 4) is 17.2 Å². The molecule has 0 radical (unpaired) electrons. The first-order valence-corrected chi connectivity index (χ1v) is 6.94. The van der Waals surface area contributed by atoms with Crippen LogP contribution in [0.1, 0.15) is 10.4 Å². The summed E-state index contributed by atoms with van der Waals surface area (Å²) >= 11 is 5.75. The summed E-state index contributed by atoms with van der Waals surface area (Å²) < 4.78 is 15.4. The summed E-state index contributed by atoms with van der Waals surface area (Å²) in [5.41, 5.74) is 5.32. The van der Waals surface area contributed by atoms with Gasteiger partial charge in [-0.2, -0.15) is 0 Å². The molecule has 0 heterocycles. The summed E-state index contributed by atoms with van der Waals surface area (Å²) in [6.07, 6.45) is 0. The third-order valence-corrected chi connectivity index (χ3v) is 3.10. The zero-order valence-corrected chi connectivity index (χ0v) is 13.0. The Morgan fingerprint density at radius 3 is 2.35 bits per heavy atom. The highest BCUT2D eigenvalue weighted by molar-refractivity contribution is 6.30. The Hall–Kier alpha value is -2.73. The number of hydrogen-bond donors (Lipinski definition) is 1. The highest BCUT2D eigenvalue weighted by Gasteiger charge is 2.15. The number of methoxy groups -OCH3 is 1. The van der Waals surface area contributed by atoms with E-state index in [1.54, 1.807) is 30.3 Å². The number of carbonyl (C=O) groups is 2. The Morgan fingerprint density at radius 2 is 1.74 bits per heavy atom. The van der Waals surface area contributed by atoms with Gasteiger partial charge in [0.05, 0.1) is 12.7 Å². The van der Waals surface area contributed by atoms with Crippen LogP contribution in [-0.4, -0.2) is 25.6 Å². The molecular weight excluding hydrogens is 322 g/mol. The molecule has 23 heavy (non-hydrogen) atoms. The Bertz CT molecular complexity index is 715. The average molecular weight is 336 g/mol. The topological polar surface area (TPSA) is 87.9 Å². The van der Waals surface area contributed by atoms with Gasteiger partial charge < -0.3 is 19.9 Å². The number of esters is 1. The summed E-state index contributed by atoms with van der Waals surface area (Å²) in [4.78, 5) is 23.2. The molecule has 120 valence electrons. The first-order valence-electron chi connectivity index (χ1n) is 6.56. The van der Waals surface area contributed by atoms with Gasteiger partial charge in [-0.1, -0.05) is 11.6 Å². The number of carbonyl (C=O) groups excluding carboxylic acids is 2. The standard InChI is InChI=1S/C16H14ClNO5/c1-21-12-6-7-13(16(18)20)14(8-12)23-15(19)9-22-11-4-2-10(17)3-5-11/h2-8H,9H2,1H3,(H2,18,20). The summed E-state index contributed by atoms with van der Waals surface area (Å²) in [6.45, 7) is -0.336. The zero-order valence-electron chi connectivity index (χ0n) is 12.2. The molecule has 0 spiro atoms. The Balaban J connectivity index is 2.04. The van der Waals surface area contributed by atoms with Crippen LogP contribution in [0, 0.1) is 0 Å². The van der Waals surface area contributed by atoms with Gasteiger partial charge in [-0.3, -0.25) is 4.79 Å². The van der Waals surface area contributed by atoms with Gasteiger partial charge >= 0.3 is 5.97 Å². The molecule has 0 bridgehead atoms. The first kappa shape index (κ1) is 16.6. The van der Waals surface area contributed by atoms with Crippen molar-refractivity contribution in [2.45, 2.75) is 0 Å². The molecule has 6 nitrogen and oxygen atoms in total. The van der Waals surface area contributed by atoms with Crippen LogP contribution in [0.2, 0.25) is 5.02 Å². The van der Waals surface area contributed by atoms with Crippen LogP contribution in [0.4, 0.5) is 0 Å². The number of amides is 1. The number of halogens is 1. The Labute approximate surface area is 137 Å². The molecule has 0 saturated carbocycles. The normalized spacial score (nSPS) is 10.0. The molecule has 0 unspecified atom stereocenters. The Kier molecular flexibility index (Phi) is 5.43. The van der Waals surface area contributed by atoms with Crippen LogP contribution < -0.4 is 19.9 Å². The van der Waals surface area contributed by atoms with E-state index in [2.05, 4.69) is 0 Å². The van der Waals surface area contributed by atoms with E-state index in [1.807, 2.05) is 0 Å². The molecule has 2 aromatic rings.